The summed E-state index contributed by atoms with van der Waals surface area (Å²) in [5.41, 5.74) is 0.944. The van der Waals surface area contributed by atoms with Crippen molar-refractivity contribution in [3.05, 3.63) is 40.2 Å². The van der Waals surface area contributed by atoms with Gasteiger partial charge in [-0.15, -0.1) is 0 Å². The van der Waals surface area contributed by atoms with Crippen molar-refractivity contribution in [1.29, 1.82) is 0 Å². The fourth-order valence-corrected chi connectivity index (χ4v) is 2.22. The van der Waals surface area contributed by atoms with E-state index in [2.05, 4.69) is 29.2 Å². The van der Waals surface area contributed by atoms with Crippen molar-refractivity contribution in [1.82, 2.24) is 0 Å². The Kier molecular flexibility index (Phi) is 6.91. The Bertz CT molecular complexity index is 428. The first-order chi connectivity index (χ1) is 9.04. The number of aliphatic hydroxyl groups excluding tert-OH is 1. The van der Waals surface area contributed by atoms with Crippen LogP contribution in [0.25, 0.3) is 0 Å². The minimum atomic E-state index is 0.132. The molecule has 0 fully saturated rings. The molecule has 3 nitrogen and oxygen atoms in total. The Hall–Kier alpha value is -1.04. The van der Waals surface area contributed by atoms with E-state index < -0.39 is 0 Å². The maximum Gasteiger partial charge on any atom is 0.226 e. The van der Waals surface area contributed by atoms with Crippen LogP contribution in [-0.4, -0.2) is 17.6 Å². The standard InChI is InChI=1S/C15H20INO2/c1-3-17(14-10-8-13(16)9-11-14)15(19)7-5-4-6-12(2)18/h8-11,18H,2-7H2,1H3. The summed E-state index contributed by atoms with van der Waals surface area (Å²) in [6.45, 7) is 6.09. The number of aliphatic hydroxyl groups is 1. The Morgan fingerprint density at radius 3 is 2.37 bits per heavy atom. The first kappa shape index (κ1) is 16.0. The van der Waals surface area contributed by atoms with Crippen molar-refractivity contribution in [3.63, 3.8) is 0 Å². The molecule has 0 aliphatic carbocycles. The third kappa shape index (κ3) is 5.63. The van der Waals surface area contributed by atoms with Gasteiger partial charge in [-0.1, -0.05) is 6.58 Å². The molecule has 0 unspecified atom stereocenters. The number of carbonyl (C=O) groups excluding carboxylic acids is 1. The number of anilines is 1. The van der Waals surface area contributed by atoms with Crippen molar-refractivity contribution in [3.8, 4) is 0 Å². The van der Waals surface area contributed by atoms with Crippen LogP contribution in [0.1, 0.15) is 32.6 Å². The molecule has 0 saturated carbocycles. The molecule has 1 amide bonds. The van der Waals surface area contributed by atoms with E-state index in [-0.39, 0.29) is 11.7 Å². The molecule has 0 radical (unpaired) electrons. The van der Waals surface area contributed by atoms with Crippen molar-refractivity contribution in [2.75, 3.05) is 11.4 Å². The number of hydrogen-bond acceptors (Lipinski definition) is 2. The van der Waals surface area contributed by atoms with Crippen LogP contribution in [0.2, 0.25) is 0 Å². The number of benzene rings is 1. The van der Waals surface area contributed by atoms with Crippen LogP contribution in [0.5, 0.6) is 0 Å². The molecule has 4 heteroatoms. The van der Waals surface area contributed by atoms with Crippen LogP contribution in [-0.2, 0) is 4.79 Å². The van der Waals surface area contributed by atoms with Gasteiger partial charge in [0.25, 0.3) is 0 Å². The first-order valence-electron chi connectivity index (χ1n) is 6.47. The molecule has 0 spiro atoms. The summed E-state index contributed by atoms with van der Waals surface area (Å²) in [5.74, 6) is 0.324. The lowest BCUT2D eigenvalue weighted by Gasteiger charge is -2.21. The number of halogens is 1. The minimum Gasteiger partial charge on any atom is -0.513 e. The number of amides is 1. The average Bonchev–Trinajstić information content (AvgIpc) is 2.37. The van der Waals surface area contributed by atoms with Crippen LogP contribution in [0.15, 0.2) is 36.6 Å². The van der Waals surface area contributed by atoms with Gasteiger partial charge in [-0.2, -0.15) is 0 Å². The molecule has 1 N–H and O–H groups in total. The fourth-order valence-electron chi connectivity index (χ4n) is 1.86. The number of allylic oxidation sites excluding steroid dienone is 1. The smallest absolute Gasteiger partial charge is 0.226 e. The van der Waals surface area contributed by atoms with Crippen molar-refractivity contribution >= 4 is 34.2 Å². The van der Waals surface area contributed by atoms with Gasteiger partial charge in [-0.3, -0.25) is 4.79 Å². The van der Waals surface area contributed by atoms with Gasteiger partial charge in [0, 0.05) is 28.6 Å². The van der Waals surface area contributed by atoms with E-state index in [9.17, 15) is 4.79 Å². The van der Waals surface area contributed by atoms with Gasteiger partial charge in [-0.25, -0.2) is 0 Å². The van der Waals surface area contributed by atoms with Crippen LogP contribution in [0, 0.1) is 3.57 Å². The second kappa shape index (κ2) is 8.19. The number of nitrogens with zero attached hydrogens (tertiary/aromatic N) is 1. The Balaban J connectivity index is 2.52. The number of unbranched alkanes of at least 4 members (excludes halogenated alkanes) is 1. The van der Waals surface area contributed by atoms with E-state index in [1.54, 1.807) is 4.90 Å². The second-order valence-electron chi connectivity index (χ2n) is 4.39. The lowest BCUT2D eigenvalue weighted by Crippen LogP contribution is -2.30. The molecule has 0 bridgehead atoms. The van der Waals surface area contributed by atoms with E-state index in [1.807, 2.05) is 31.2 Å². The van der Waals surface area contributed by atoms with E-state index >= 15 is 0 Å². The molecule has 0 heterocycles. The highest BCUT2D eigenvalue weighted by molar-refractivity contribution is 14.1. The molecule has 1 rings (SSSR count). The van der Waals surface area contributed by atoms with Crippen LogP contribution in [0.3, 0.4) is 0 Å². The van der Waals surface area contributed by atoms with Gasteiger partial charge in [-0.05, 0) is 66.6 Å². The highest BCUT2D eigenvalue weighted by Crippen LogP contribution is 2.18. The first-order valence-corrected chi connectivity index (χ1v) is 7.55. The summed E-state index contributed by atoms with van der Waals surface area (Å²) in [4.78, 5) is 13.9. The SMILES string of the molecule is C=C(O)CCCCC(=O)N(CC)c1ccc(I)cc1. The molecule has 0 aromatic heterocycles. The summed E-state index contributed by atoms with van der Waals surface area (Å²) >= 11 is 2.25. The van der Waals surface area contributed by atoms with Gasteiger partial charge in [0.05, 0.1) is 5.76 Å². The normalized spacial score (nSPS) is 10.2. The lowest BCUT2D eigenvalue weighted by atomic mass is 10.1. The summed E-state index contributed by atoms with van der Waals surface area (Å²) in [6, 6.07) is 7.95. The maximum absolute atomic E-state index is 12.1. The van der Waals surface area contributed by atoms with Crippen molar-refractivity contribution < 1.29 is 9.90 Å². The van der Waals surface area contributed by atoms with Gasteiger partial charge >= 0.3 is 0 Å². The van der Waals surface area contributed by atoms with Crippen LogP contribution in [0.4, 0.5) is 5.69 Å². The van der Waals surface area contributed by atoms with Gasteiger partial charge in [0.15, 0.2) is 0 Å². The van der Waals surface area contributed by atoms with Gasteiger partial charge in [0.1, 0.15) is 0 Å². The minimum absolute atomic E-state index is 0.132. The maximum atomic E-state index is 12.1. The van der Waals surface area contributed by atoms with Gasteiger partial charge < -0.3 is 10.0 Å². The molecule has 1 aromatic carbocycles. The van der Waals surface area contributed by atoms with E-state index in [1.165, 1.54) is 0 Å². The number of hydrogen-bond donors (Lipinski definition) is 1. The predicted molar refractivity (Wildman–Crippen MR) is 87.4 cm³/mol. The summed E-state index contributed by atoms with van der Waals surface area (Å²) in [5, 5.41) is 8.99. The monoisotopic (exact) mass is 373 g/mol. The van der Waals surface area contributed by atoms with E-state index in [0.717, 1.165) is 22.1 Å². The average molecular weight is 373 g/mol. The molecule has 0 atom stereocenters. The Morgan fingerprint density at radius 1 is 1.26 bits per heavy atom. The van der Waals surface area contributed by atoms with Crippen molar-refractivity contribution in [2.45, 2.75) is 32.6 Å². The molecule has 0 aliphatic heterocycles. The third-order valence-corrected chi connectivity index (χ3v) is 3.58. The predicted octanol–water partition coefficient (Wildman–Crippen LogP) is 4.28. The fraction of sp³-hybridized carbons (Fsp3) is 0.400. The van der Waals surface area contributed by atoms with Gasteiger partial charge in [0.2, 0.25) is 5.91 Å². The molecular weight excluding hydrogens is 353 g/mol. The summed E-state index contributed by atoms with van der Waals surface area (Å²) in [7, 11) is 0. The largest absolute Gasteiger partial charge is 0.513 e. The van der Waals surface area contributed by atoms with Crippen molar-refractivity contribution in [2.24, 2.45) is 0 Å². The molecule has 0 saturated heterocycles. The zero-order chi connectivity index (χ0) is 14.3. The van der Waals surface area contributed by atoms with E-state index in [0.29, 0.717) is 19.4 Å². The molecule has 19 heavy (non-hydrogen) atoms. The molecule has 1 aromatic rings. The highest BCUT2D eigenvalue weighted by Gasteiger charge is 2.13. The zero-order valence-electron chi connectivity index (χ0n) is 11.2. The van der Waals surface area contributed by atoms with Crippen LogP contribution < -0.4 is 4.90 Å². The molecular formula is C15H20INO2. The number of rotatable bonds is 7. The lowest BCUT2D eigenvalue weighted by molar-refractivity contribution is -0.118. The molecule has 104 valence electrons. The second-order valence-corrected chi connectivity index (χ2v) is 5.63. The number of carbonyl (C=O) groups is 1. The summed E-state index contributed by atoms with van der Waals surface area (Å²) in [6.07, 6.45) is 2.65. The Labute approximate surface area is 128 Å². The highest BCUT2D eigenvalue weighted by atomic mass is 127. The topological polar surface area (TPSA) is 40.5 Å². The molecule has 0 aliphatic rings. The zero-order valence-corrected chi connectivity index (χ0v) is 13.4. The quantitative estimate of drug-likeness (QED) is 0.440. The van der Waals surface area contributed by atoms with E-state index in [4.69, 9.17) is 5.11 Å². The van der Waals surface area contributed by atoms with Crippen LogP contribution >= 0.6 is 22.6 Å². The summed E-state index contributed by atoms with van der Waals surface area (Å²) < 4.78 is 1.16. The Morgan fingerprint density at radius 2 is 1.84 bits per heavy atom. The third-order valence-electron chi connectivity index (χ3n) is 2.86.